The molecule has 0 heterocycles. The molecule has 4 rings (SSSR count). The maximum Gasteiger partial charge on any atom is 0.235 e. The molecule has 3 aliphatic carbocycles. The first kappa shape index (κ1) is 23.5. The molecule has 11 heteroatoms. The van der Waals surface area contributed by atoms with Crippen molar-refractivity contribution in [3.05, 3.63) is 35.9 Å². The van der Waals surface area contributed by atoms with Crippen LogP contribution in [0.15, 0.2) is 24.8 Å². The fraction of sp³-hybridized carbons (Fsp3) is 0.455. The van der Waals surface area contributed by atoms with Gasteiger partial charge in [-0.1, -0.05) is 18.7 Å². The molecule has 6 N–H and O–H groups in total. The van der Waals surface area contributed by atoms with E-state index >= 15 is 0 Å². The van der Waals surface area contributed by atoms with Crippen molar-refractivity contribution in [3.63, 3.8) is 0 Å². The summed E-state index contributed by atoms with van der Waals surface area (Å²) in [5.74, 6) is -10.5. The molecular formula is C22H23ClN2O8. The molecule has 6 unspecified atom stereocenters. The quantitative estimate of drug-likeness (QED) is 0.249. The highest BCUT2D eigenvalue weighted by Gasteiger charge is 2.77. The van der Waals surface area contributed by atoms with Crippen LogP contribution >= 0.6 is 11.6 Å². The minimum Gasteiger partial charge on any atom is -0.507 e. The summed E-state index contributed by atoms with van der Waals surface area (Å²) in [7, 11) is 2.85. The van der Waals surface area contributed by atoms with Crippen molar-refractivity contribution in [2.24, 2.45) is 23.5 Å². The molecule has 8 atom stereocenters. The lowest BCUT2D eigenvalue weighted by molar-refractivity contribution is -0.217. The van der Waals surface area contributed by atoms with E-state index in [0.29, 0.717) is 0 Å². The number of hydrogen-bond donors (Lipinski definition) is 5. The highest BCUT2D eigenvalue weighted by molar-refractivity contribution is 6.42. The number of likely N-dealkylation sites (N-methyl/N-ethyl adjacent to an activating group) is 1. The predicted molar refractivity (Wildman–Crippen MR) is 114 cm³/mol. The minimum atomic E-state index is -2.99. The lowest BCUT2D eigenvalue weighted by Crippen LogP contribution is -2.82. The normalized spacial score (nSPS) is 40.3. The van der Waals surface area contributed by atoms with Gasteiger partial charge in [0.2, 0.25) is 5.91 Å². The topological polar surface area (TPSA) is 178 Å². The number of Topliss-reactive ketones (excluding diaryl/α,β-unsaturated/α-hetero) is 3. The number of nitrogens with zero attached hydrogens (tertiary/aromatic N) is 1. The standard InChI is InChI=1S/C22H23ClN2O8/c1-7-8-5-4-6-9(26)10(8)17(29)21(23)12(7)16(28)13-14(25(2)3)15(27)11(19(24)31)18(30)22(13,33)20(21)32/h4-6,11-14,16,20,26,28,32-33H,1H2,2-3H3,(H2,24,31)/t11?,12?,13?,14-,16?,20?,21?,22+/m0/s1. The molecular weight excluding hydrogens is 456 g/mol. The first-order chi connectivity index (χ1) is 15.2. The van der Waals surface area contributed by atoms with Crippen LogP contribution in [-0.4, -0.2) is 91.4 Å². The number of benzene rings is 1. The average Bonchev–Trinajstić information content (AvgIpc) is 2.72. The molecule has 3 aliphatic rings. The van der Waals surface area contributed by atoms with Crippen LogP contribution < -0.4 is 5.73 Å². The highest BCUT2D eigenvalue weighted by atomic mass is 35.5. The number of aliphatic hydroxyl groups is 3. The number of amides is 1. The number of nitrogens with two attached hydrogens (primary N) is 1. The van der Waals surface area contributed by atoms with Gasteiger partial charge in [-0.25, -0.2) is 0 Å². The summed E-state index contributed by atoms with van der Waals surface area (Å²) in [5.41, 5.74) is 2.22. The molecule has 0 aliphatic heterocycles. The van der Waals surface area contributed by atoms with Crippen molar-refractivity contribution in [1.82, 2.24) is 4.90 Å². The first-order valence-corrected chi connectivity index (χ1v) is 10.5. The third-order valence-corrected chi connectivity index (χ3v) is 7.85. The summed E-state index contributed by atoms with van der Waals surface area (Å²) < 4.78 is 0. The molecule has 10 nitrogen and oxygen atoms in total. The van der Waals surface area contributed by atoms with Gasteiger partial charge in [0.25, 0.3) is 0 Å². The van der Waals surface area contributed by atoms with Crippen LogP contribution in [0, 0.1) is 17.8 Å². The van der Waals surface area contributed by atoms with Crippen molar-refractivity contribution in [2.75, 3.05) is 14.1 Å². The summed E-state index contributed by atoms with van der Waals surface area (Å²) in [5, 5.41) is 44.7. The summed E-state index contributed by atoms with van der Waals surface area (Å²) in [6, 6.07) is 2.70. The fourth-order valence-corrected chi connectivity index (χ4v) is 6.32. The Labute approximate surface area is 193 Å². The number of alkyl halides is 1. The van der Waals surface area contributed by atoms with Gasteiger partial charge in [0.15, 0.2) is 28.9 Å². The number of hydrogen-bond acceptors (Lipinski definition) is 9. The number of aliphatic hydroxyl groups excluding tert-OH is 2. The third-order valence-electron chi connectivity index (χ3n) is 7.24. The van der Waals surface area contributed by atoms with E-state index in [0.717, 1.165) is 0 Å². The van der Waals surface area contributed by atoms with Crippen molar-refractivity contribution >= 4 is 40.4 Å². The zero-order chi connectivity index (χ0) is 24.8. The van der Waals surface area contributed by atoms with Gasteiger partial charge in [-0.05, 0) is 31.3 Å². The predicted octanol–water partition coefficient (Wildman–Crippen LogP) is -1.54. The number of phenols is 1. The molecule has 1 aromatic carbocycles. The van der Waals surface area contributed by atoms with Gasteiger partial charge in [0, 0.05) is 11.8 Å². The summed E-state index contributed by atoms with van der Waals surface area (Å²) >= 11 is 6.67. The van der Waals surface area contributed by atoms with E-state index in [1.807, 2.05) is 0 Å². The second-order valence-corrected chi connectivity index (χ2v) is 9.68. The van der Waals surface area contributed by atoms with Crippen molar-refractivity contribution in [3.8, 4) is 5.75 Å². The van der Waals surface area contributed by atoms with E-state index in [-0.39, 0.29) is 16.7 Å². The Hall–Kier alpha value is -2.63. The zero-order valence-corrected chi connectivity index (χ0v) is 18.5. The maximum absolute atomic E-state index is 13.5. The van der Waals surface area contributed by atoms with E-state index < -0.39 is 75.5 Å². The van der Waals surface area contributed by atoms with Gasteiger partial charge < -0.3 is 26.2 Å². The molecule has 1 amide bonds. The minimum absolute atomic E-state index is 0.0681. The summed E-state index contributed by atoms with van der Waals surface area (Å²) in [6.07, 6.45) is -4.20. The second-order valence-electron chi connectivity index (χ2n) is 9.05. The number of phenolic OH excluding ortho intramolecular Hbond substituents is 1. The molecule has 0 spiro atoms. The molecule has 176 valence electrons. The Bertz CT molecular complexity index is 1140. The number of fused-ring (bicyclic) bond motifs is 3. The van der Waals surface area contributed by atoms with Gasteiger partial charge in [0.05, 0.1) is 17.7 Å². The third kappa shape index (κ3) is 2.64. The molecule has 0 aromatic heterocycles. The molecule has 0 radical (unpaired) electrons. The average molecular weight is 479 g/mol. The van der Waals surface area contributed by atoms with Crippen molar-refractivity contribution in [1.29, 1.82) is 0 Å². The van der Waals surface area contributed by atoms with Crippen LogP contribution in [0.25, 0.3) is 5.57 Å². The first-order valence-electron chi connectivity index (χ1n) is 10.1. The lowest BCUT2D eigenvalue weighted by Gasteiger charge is -2.60. The van der Waals surface area contributed by atoms with E-state index in [1.165, 1.54) is 37.2 Å². The Morgan fingerprint density at radius 1 is 1.21 bits per heavy atom. The Morgan fingerprint density at radius 3 is 2.36 bits per heavy atom. The SMILES string of the molecule is C=C1c2cccc(O)c2C(=O)C2(Cl)C1C(O)C1[C@H](N(C)C)C(=O)C(C(N)=O)C(=O)[C@@]1(O)C2O. The summed E-state index contributed by atoms with van der Waals surface area (Å²) in [4.78, 5) is 50.6. The van der Waals surface area contributed by atoms with Crippen LogP contribution in [0.2, 0.25) is 0 Å². The van der Waals surface area contributed by atoms with E-state index in [1.54, 1.807) is 0 Å². The largest absolute Gasteiger partial charge is 0.507 e. The zero-order valence-electron chi connectivity index (χ0n) is 17.7. The Balaban J connectivity index is 2.02. The number of carbonyl (C=O) groups excluding carboxylic acids is 4. The van der Waals surface area contributed by atoms with Crippen LogP contribution in [0.4, 0.5) is 0 Å². The second kappa shape index (κ2) is 7.18. The fourth-order valence-electron chi connectivity index (χ4n) is 5.80. The monoisotopic (exact) mass is 478 g/mol. The molecule has 2 saturated carbocycles. The molecule has 2 fully saturated rings. The highest BCUT2D eigenvalue weighted by Crippen LogP contribution is 2.59. The van der Waals surface area contributed by atoms with Crippen molar-refractivity contribution in [2.45, 2.75) is 28.7 Å². The van der Waals surface area contributed by atoms with Crippen molar-refractivity contribution < 1.29 is 39.6 Å². The van der Waals surface area contributed by atoms with Crippen LogP contribution in [0.3, 0.4) is 0 Å². The lowest BCUT2D eigenvalue weighted by atomic mass is 9.49. The Kier molecular flexibility index (Phi) is 5.12. The van der Waals surface area contributed by atoms with Gasteiger partial charge in [-0.3, -0.25) is 24.1 Å². The molecule has 33 heavy (non-hydrogen) atoms. The maximum atomic E-state index is 13.5. The number of rotatable bonds is 2. The molecule has 1 aromatic rings. The molecule has 0 bridgehead atoms. The van der Waals surface area contributed by atoms with Crippen LogP contribution in [0.5, 0.6) is 5.75 Å². The van der Waals surface area contributed by atoms with Gasteiger partial charge in [0.1, 0.15) is 16.7 Å². The number of ketones is 3. The van der Waals surface area contributed by atoms with E-state index in [2.05, 4.69) is 6.58 Å². The van der Waals surface area contributed by atoms with E-state index in [4.69, 9.17) is 17.3 Å². The van der Waals surface area contributed by atoms with E-state index in [9.17, 15) is 39.6 Å². The van der Waals surface area contributed by atoms with Gasteiger partial charge >= 0.3 is 0 Å². The van der Waals surface area contributed by atoms with Crippen LogP contribution in [0.1, 0.15) is 15.9 Å². The number of halogens is 1. The smallest absolute Gasteiger partial charge is 0.235 e. The van der Waals surface area contributed by atoms with Gasteiger partial charge in [-0.2, -0.15) is 0 Å². The van der Waals surface area contributed by atoms with Gasteiger partial charge in [-0.15, -0.1) is 11.6 Å². The van der Waals surface area contributed by atoms with Crippen LogP contribution in [-0.2, 0) is 14.4 Å². The Morgan fingerprint density at radius 2 is 1.82 bits per heavy atom. The molecule has 0 saturated heterocycles. The number of primary amides is 1. The number of aromatic hydroxyl groups is 1. The number of carbonyl (C=O) groups is 4. The summed E-state index contributed by atoms with van der Waals surface area (Å²) in [6.45, 7) is 3.90.